The van der Waals surface area contributed by atoms with Crippen molar-refractivity contribution in [3.63, 3.8) is 0 Å². The molecule has 1 amide bonds. The number of rotatable bonds is 4. The van der Waals surface area contributed by atoms with Crippen molar-refractivity contribution in [2.45, 2.75) is 44.4 Å². The summed E-state index contributed by atoms with van der Waals surface area (Å²) in [7, 11) is -1.48. The van der Waals surface area contributed by atoms with Crippen molar-refractivity contribution in [2.75, 3.05) is 13.7 Å². The second kappa shape index (κ2) is 7.33. The highest BCUT2D eigenvalue weighted by molar-refractivity contribution is 7.73. The molecule has 1 unspecified atom stereocenters. The number of amides is 1. The van der Waals surface area contributed by atoms with E-state index >= 15 is 0 Å². The van der Waals surface area contributed by atoms with Crippen molar-refractivity contribution in [1.29, 1.82) is 0 Å². The lowest BCUT2D eigenvalue weighted by molar-refractivity contribution is -0.120. The fraction of sp³-hybridized carbons (Fsp3) is 0.684. The predicted molar refractivity (Wildman–Crippen MR) is 101 cm³/mol. The van der Waals surface area contributed by atoms with E-state index in [-0.39, 0.29) is 28.9 Å². The Bertz CT molecular complexity index is 827. The molecule has 27 heavy (non-hydrogen) atoms. The van der Waals surface area contributed by atoms with Crippen molar-refractivity contribution in [3.05, 3.63) is 22.3 Å². The maximum Gasteiger partial charge on any atom is 0.250 e. The molecule has 5 aliphatic rings. The van der Waals surface area contributed by atoms with Gasteiger partial charge in [-0.2, -0.15) is 8.42 Å². The van der Waals surface area contributed by atoms with Gasteiger partial charge in [0.15, 0.2) is 6.17 Å². The zero-order valence-corrected chi connectivity index (χ0v) is 16.7. The number of halogens is 2. The maximum absolute atomic E-state index is 14.8. The summed E-state index contributed by atoms with van der Waals surface area (Å²) >= 11 is 6.23. The Labute approximate surface area is 164 Å². The second-order valence-corrected chi connectivity index (χ2v) is 9.49. The van der Waals surface area contributed by atoms with E-state index in [2.05, 4.69) is 5.32 Å². The van der Waals surface area contributed by atoms with E-state index in [0.29, 0.717) is 11.8 Å². The van der Waals surface area contributed by atoms with Crippen molar-refractivity contribution < 1.29 is 22.3 Å². The summed E-state index contributed by atoms with van der Waals surface area (Å²) in [5.41, 5.74) is -0.181. The summed E-state index contributed by atoms with van der Waals surface area (Å²) < 4.78 is 44.3. The zero-order valence-electron chi connectivity index (χ0n) is 15.1. The quantitative estimate of drug-likeness (QED) is 0.715. The Morgan fingerprint density at radius 2 is 1.81 bits per heavy atom. The molecule has 4 bridgehead atoms. The number of carbonyl (C=O) groups excluding carboxylic acids is 1. The lowest BCUT2D eigenvalue weighted by atomic mass is 9.55. The van der Waals surface area contributed by atoms with Crippen LogP contribution in [0.3, 0.4) is 0 Å². The number of hydrogen-bond acceptors (Lipinski definition) is 4. The highest BCUT2D eigenvalue weighted by Crippen LogP contribution is 2.54. The standard InChI is InChI=1S/C19H23ClFNO4S/c1-22-19(23)13-7-15(20)14(18(16(13)21)27(24)25)8-26-17-11-3-9-2-10(5-11)6-12(17)4-9/h7,9-12,16-17H,2-6,8H2,1H3,(H,22,23). The fourth-order valence-corrected chi connectivity index (χ4v) is 6.68. The number of likely N-dealkylation sites (N-methyl/N-ethyl adjacent to an activating group) is 1. The smallest absolute Gasteiger partial charge is 0.250 e. The molecule has 148 valence electrons. The number of alkyl halides is 1. The van der Waals surface area contributed by atoms with E-state index in [1.807, 2.05) is 0 Å². The molecule has 4 fully saturated rings. The molecule has 5 nitrogen and oxygen atoms in total. The first-order chi connectivity index (χ1) is 12.9. The van der Waals surface area contributed by atoms with Crippen LogP contribution in [0.5, 0.6) is 0 Å². The summed E-state index contributed by atoms with van der Waals surface area (Å²) in [5, 5.41) is 2.35. The van der Waals surface area contributed by atoms with Gasteiger partial charge in [0.2, 0.25) is 16.2 Å². The van der Waals surface area contributed by atoms with E-state index in [1.54, 1.807) is 0 Å². The summed E-state index contributed by atoms with van der Waals surface area (Å²) in [6.45, 7) is -0.0485. The van der Waals surface area contributed by atoms with Crippen LogP contribution in [0.1, 0.15) is 32.1 Å². The van der Waals surface area contributed by atoms with Crippen LogP contribution in [0.2, 0.25) is 0 Å². The second-order valence-electron chi connectivity index (χ2n) is 8.17. The number of nitrogens with one attached hydrogen (secondary N) is 1. The first-order valence-electron chi connectivity index (χ1n) is 9.43. The fourth-order valence-electron chi connectivity index (χ4n) is 5.69. The Balaban J connectivity index is 1.57. The third-order valence-corrected chi connectivity index (χ3v) is 7.75. The van der Waals surface area contributed by atoms with Crippen LogP contribution in [-0.4, -0.2) is 45.1 Å². The molecular formula is C19H23ClFNO4S. The van der Waals surface area contributed by atoms with Crippen LogP contribution >= 0.6 is 11.6 Å². The topological polar surface area (TPSA) is 72.5 Å². The minimum Gasteiger partial charge on any atom is -0.373 e. The SMILES string of the molecule is CNC(=O)C1=CC(Cl)=C(COC2C3CC4CC(C3)CC2C4)C(=S(=O)=O)C1F. The minimum atomic E-state index is -2.83. The molecule has 0 heterocycles. The third-order valence-electron chi connectivity index (χ3n) is 6.60. The summed E-state index contributed by atoms with van der Waals surface area (Å²) in [6, 6.07) is 0. The summed E-state index contributed by atoms with van der Waals surface area (Å²) in [5.74, 6) is 1.92. The van der Waals surface area contributed by atoms with Gasteiger partial charge in [-0.1, -0.05) is 11.6 Å². The molecule has 0 aromatic carbocycles. The van der Waals surface area contributed by atoms with Crippen molar-refractivity contribution in [1.82, 2.24) is 5.32 Å². The van der Waals surface area contributed by atoms with Crippen LogP contribution in [0.25, 0.3) is 0 Å². The van der Waals surface area contributed by atoms with E-state index in [0.717, 1.165) is 11.8 Å². The maximum atomic E-state index is 14.8. The molecule has 1 N–H and O–H groups in total. The van der Waals surface area contributed by atoms with Crippen molar-refractivity contribution in [2.24, 2.45) is 23.7 Å². The lowest BCUT2D eigenvalue weighted by Crippen LogP contribution is -2.49. The zero-order chi connectivity index (χ0) is 19.3. The normalized spacial score (nSPS) is 37.4. The number of carbonyl (C=O) groups is 1. The van der Waals surface area contributed by atoms with Crippen LogP contribution in [-0.2, 0) is 19.8 Å². The van der Waals surface area contributed by atoms with E-state index in [9.17, 15) is 17.6 Å². The van der Waals surface area contributed by atoms with Gasteiger partial charge in [0.1, 0.15) is 4.86 Å². The molecule has 0 aliphatic heterocycles. The molecule has 1 atom stereocenters. The monoisotopic (exact) mass is 415 g/mol. The Morgan fingerprint density at radius 3 is 2.33 bits per heavy atom. The van der Waals surface area contributed by atoms with Gasteiger partial charge in [-0.05, 0) is 61.9 Å². The Hall–Kier alpha value is -1.18. The molecular weight excluding hydrogens is 393 g/mol. The van der Waals surface area contributed by atoms with Crippen LogP contribution in [0, 0.1) is 23.7 Å². The molecule has 0 radical (unpaired) electrons. The average Bonchev–Trinajstić information content (AvgIpc) is 2.61. The summed E-state index contributed by atoms with van der Waals surface area (Å²) in [4.78, 5) is 11.3. The molecule has 0 saturated heterocycles. The van der Waals surface area contributed by atoms with Gasteiger partial charge in [0.05, 0.1) is 18.3 Å². The first kappa shape index (κ1) is 19.2. The molecule has 0 spiro atoms. The van der Waals surface area contributed by atoms with E-state index in [1.165, 1.54) is 45.2 Å². The number of ether oxygens (including phenoxy) is 1. The number of hydrogen-bond donors (Lipinski definition) is 1. The average molecular weight is 416 g/mol. The van der Waals surface area contributed by atoms with Gasteiger partial charge in [0, 0.05) is 17.7 Å². The first-order valence-corrected chi connectivity index (χ1v) is 10.9. The van der Waals surface area contributed by atoms with E-state index < -0.39 is 27.2 Å². The molecule has 0 aromatic rings. The molecule has 0 aromatic heterocycles. The van der Waals surface area contributed by atoms with Crippen LogP contribution in [0.15, 0.2) is 22.3 Å². The van der Waals surface area contributed by atoms with Gasteiger partial charge in [-0.25, -0.2) is 4.39 Å². The van der Waals surface area contributed by atoms with Gasteiger partial charge < -0.3 is 10.1 Å². The highest BCUT2D eigenvalue weighted by atomic mass is 35.5. The van der Waals surface area contributed by atoms with Gasteiger partial charge in [-0.3, -0.25) is 4.79 Å². The highest BCUT2D eigenvalue weighted by Gasteiger charge is 2.49. The van der Waals surface area contributed by atoms with Crippen LogP contribution in [0.4, 0.5) is 4.39 Å². The Morgan fingerprint density at radius 1 is 1.22 bits per heavy atom. The molecule has 4 saturated carbocycles. The third kappa shape index (κ3) is 3.38. The summed E-state index contributed by atoms with van der Waals surface area (Å²) in [6.07, 6.45) is 5.25. The van der Waals surface area contributed by atoms with Gasteiger partial charge in [-0.15, -0.1) is 0 Å². The van der Waals surface area contributed by atoms with Crippen molar-refractivity contribution >= 4 is 32.7 Å². The van der Waals surface area contributed by atoms with E-state index in [4.69, 9.17) is 16.3 Å². The largest absolute Gasteiger partial charge is 0.373 e. The van der Waals surface area contributed by atoms with Crippen molar-refractivity contribution in [3.8, 4) is 0 Å². The van der Waals surface area contributed by atoms with Gasteiger partial charge in [0.25, 0.3) is 0 Å². The minimum absolute atomic E-state index is 0.0468. The predicted octanol–water partition coefficient (Wildman–Crippen LogP) is 2.40. The molecule has 5 aliphatic carbocycles. The molecule has 5 rings (SSSR count). The van der Waals surface area contributed by atoms with Crippen LogP contribution < -0.4 is 5.32 Å². The number of allylic oxidation sites excluding steroid dienone is 2. The lowest BCUT2D eigenvalue weighted by Gasteiger charge is -2.54. The molecule has 8 heteroatoms. The Kier molecular flexibility index (Phi) is 5.20. The van der Waals surface area contributed by atoms with Gasteiger partial charge >= 0.3 is 0 Å².